The molecule has 0 radical (unpaired) electrons. The Hall–Kier alpha value is -1.73. The van der Waals surface area contributed by atoms with E-state index in [0.29, 0.717) is 24.3 Å². The van der Waals surface area contributed by atoms with Crippen molar-refractivity contribution in [2.45, 2.75) is 25.4 Å². The number of carboxylic acid groups (broad SMARTS) is 1. The molecule has 0 spiro atoms. The van der Waals surface area contributed by atoms with Crippen LogP contribution in [0.1, 0.15) is 18.7 Å². The summed E-state index contributed by atoms with van der Waals surface area (Å²) in [5.41, 5.74) is 0.903. The largest absolute Gasteiger partial charge is 0.480 e. The molecule has 2 heterocycles. The van der Waals surface area contributed by atoms with E-state index < -0.39 is 5.97 Å². The van der Waals surface area contributed by atoms with Crippen LogP contribution in [0.4, 0.5) is 0 Å². The minimum absolute atomic E-state index is 0.0208. The third-order valence-electron chi connectivity index (χ3n) is 2.98. The molecule has 0 saturated heterocycles. The highest BCUT2D eigenvalue weighted by molar-refractivity contribution is 7.08. The number of aliphatic carboxylic acids is 1. The molecule has 1 N–H and O–H groups in total. The predicted molar refractivity (Wildman–Crippen MR) is 68.7 cm³/mol. The highest BCUT2D eigenvalue weighted by Gasteiger charge is 2.31. The summed E-state index contributed by atoms with van der Waals surface area (Å²) >= 11 is 1.56. The van der Waals surface area contributed by atoms with Gasteiger partial charge in [0.2, 0.25) is 0 Å². The van der Waals surface area contributed by atoms with Gasteiger partial charge >= 0.3 is 5.97 Å². The lowest BCUT2D eigenvalue weighted by Gasteiger charge is -2.16. The van der Waals surface area contributed by atoms with E-state index in [4.69, 9.17) is 9.63 Å². The fraction of sp³-hybridized carbons (Fsp3) is 0.417. The summed E-state index contributed by atoms with van der Waals surface area (Å²) in [5, 5.41) is 16.7. The maximum Gasteiger partial charge on any atom is 0.317 e. The summed E-state index contributed by atoms with van der Waals surface area (Å²) < 4.78 is 5.19. The first-order valence-electron chi connectivity index (χ1n) is 6.03. The standard InChI is InChI=1S/C12H13N3O3S/c16-11(17)6-15(9-1-2-9)5-10-13-12(18-14-10)8-3-4-19-7-8/h3-4,7,9H,1-2,5-6H2,(H,16,17). The number of carbonyl (C=O) groups is 1. The van der Waals surface area contributed by atoms with Gasteiger partial charge in [0.1, 0.15) is 0 Å². The van der Waals surface area contributed by atoms with Crippen LogP contribution in [0.25, 0.3) is 11.5 Å². The van der Waals surface area contributed by atoms with Gasteiger partial charge in [-0.25, -0.2) is 0 Å². The molecule has 0 aromatic carbocycles. The maximum absolute atomic E-state index is 10.8. The van der Waals surface area contributed by atoms with Gasteiger partial charge in [0.05, 0.1) is 18.7 Å². The minimum Gasteiger partial charge on any atom is -0.480 e. The topological polar surface area (TPSA) is 79.5 Å². The zero-order valence-electron chi connectivity index (χ0n) is 10.2. The number of rotatable bonds is 6. The summed E-state index contributed by atoms with van der Waals surface area (Å²) in [6.07, 6.45) is 2.09. The fourth-order valence-corrected chi connectivity index (χ4v) is 2.56. The summed E-state index contributed by atoms with van der Waals surface area (Å²) in [4.78, 5) is 17.0. The van der Waals surface area contributed by atoms with E-state index in [1.54, 1.807) is 11.3 Å². The number of hydrogen-bond acceptors (Lipinski definition) is 6. The van der Waals surface area contributed by atoms with Crippen LogP contribution in [-0.2, 0) is 11.3 Å². The van der Waals surface area contributed by atoms with Crippen LogP contribution >= 0.6 is 11.3 Å². The van der Waals surface area contributed by atoms with Gasteiger partial charge in [-0.2, -0.15) is 16.3 Å². The summed E-state index contributed by atoms with van der Waals surface area (Å²) in [7, 11) is 0. The molecule has 0 unspecified atom stereocenters. The molecular weight excluding hydrogens is 266 g/mol. The van der Waals surface area contributed by atoms with E-state index in [0.717, 1.165) is 18.4 Å². The molecule has 3 rings (SSSR count). The van der Waals surface area contributed by atoms with Crippen LogP contribution in [0, 0.1) is 0 Å². The average molecular weight is 279 g/mol. The van der Waals surface area contributed by atoms with E-state index in [2.05, 4.69) is 10.1 Å². The van der Waals surface area contributed by atoms with Gasteiger partial charge in [0.25, 0.3) is 5.89 Å². The van der Waals surface area contributed by atoms with Gasteiger partial charge in [-0.1, -0.05) is 5.16 Å². The van der Waals surface area contributed by atoms with Crippen LogP contribution in [0.5, 0.6) is 0 Å². The minimum atomic E-state index is -0.826. The monoisotopic (exact) mass is 279 g/mol. The second kappa shape index (κ2) is 5.10. The highest BCUT2D eigenvalue weighted by atomic mass is 32.1. The Morgan fingerprint density at radius 2 is 2.42 bits per heavy atom. The van der Waals surface area contributed by atoms with Crippen LogP contribution in [0.3, 0.4) is 0 Å². The molecule has 19 heavy (non-hydrogen) atoms. The van der Waals surface area contributed by atoms with E-state index >= 15 is 0 Å². The van der Waals surface area contributed by atoms with E-state index in [1.807, 2.05) is 21.7 Å². The lowest BCUT2D eigenvalue weighted by atomic mass is 10.3. The molecule has 0 bridgehead atoms. The van der Waals surface area contributed by atoms with Crippen LogP contribution < -0.4 is 0 Å². The number of nitrogens with zero attached hydrogens (tertiary/aromatic N) is 3. The van der Waals surface area contributed by atoms with E-state index in [-0.39, 0.29) is 6.54 Å². The Bertz CT molecular complexity index is 563. The van der Waals surface area contributed by atoms with Gasteiger partial charge in [-0.15, -0.1) is 0 Å². The van der Waals surface area contributed by atoms with Crippen molar-refractivity contribution in [3.8, 4) is 11.5 Å². The SMILES string of the molecule is O=C(O)CN(Cc1noc(-c2ccsc2)n1)C1CC1. The van der Waals surface area contributed by atoms with Gasteiger partial charge in [0.15, 0.2) is 5.82 Å². The second-order valence-electron chi connectivity index (χ2n) is 4.56. The van der Waals surface area contributed by atoms with Crippen LogP contribution in [0.2, 0.25) is 0 Å². The summed E-state index contributed by atoms with van der Waals surface area (Å²) in [5.74, 6) is 0.199. The van der Waals surface area contributed by atoms with Crippen molar-refractivity contribution >= 4 is 17.3 Å². The van der Waals surface area contributed by atoms with Crippen LogP contribution in [0.15, 0.2) is 21.3 Å². The molecule has 2 aromatic rings. The zero-order valence-corrected chi connectivity index (χ0v) is 11.0. The quantitative estimate of drug-likeness (QED) is 0.869. The maximum atomic E-state index is 10.8. The smallest absolute Gasteiger partial charge is 0.317 e. The van der Waals surface area contributed by atoms with Gasteiger partial charge in [-0.05, 0) is 24.3 Å². The Morgan fingerprint density at radius 1 is 1.58 bits per heavy atom. The number of aromatic nitrogens is 2. The first-order chi connectivity index (χ1) is 9.22. The number of hydrogen-bond donors (Lipinski definition) is 1. The van der Waals surface area contributed by atoms with Crippen molar-refractivity contribution in [1.82, 2.24) is 15.0 Å². The van der Waals surface area contributed by atoms with Gasteiger partial charge in [-0.3, -0.25) is 9.69 Å². The van der Waals surface area contributed by atoms with Crippen molar-refractivity contribution in [3.05, 3.63) is 22.7 Å². The molecule has 7 heteroatoms. The molecule has 1 aliphatic rings. The van der Waals surface area contributed by atoms with Gasteiger partial charge in [0, 0.05) is 11.4 Å². The molecule has 0 amide bonds. The Morgan fingerprint density at radius 3 is 3.05 bits per heavy atom. The Kier molecular flexibility index (Phi) is 3.31. The third-order valence-corrected chi connectivity index (χ3v) is 3.67. The first kappa shape index (κ1) is 12.3. The molecular formula is C12H13N3O3S. The molecule has 100 valence electrons. The van der Waals surface area contributed by atoms with Crippen molar-refractivity contribution in [2.24, 2.45) is 0 Å². The zero-order chi connectivity index (χ0) is 13.2. The normalized spacial score (nSPS) is 15.0. The van der Waals surface area contributed by atoms with Crippen LogP contribution in [-0.4, -0.2) is 38.7 Å². The first-order valence-corrected chi connectivity index (χ1v) is 6.97. The summed E-state index contributed by atoms with van der Waals surface area (Å²) in [6.45, 7) is 0.442. The van der Waals surface area contributed by atoms with E-state index in [9.17, 15) is 4.79 Å². The fourth-order valence-electron chi connectivity index (χ4n) is 1.93. The van der Waals surface area contributed by atoms with Crippen molar-refractivity contribution in [3.63, 3.8) is 0 Å². The predicted octanol–water partition coefficient (Wildman–Crippen LogP) is 1.85. The number of thiophene rings is 1. The highest BCUT2D eigenvalue weighted by Crippen LogP contribution is 2.28. The Balaban J connectivity index is 1.70. The van der Waals surface area contributed by atoms with Gasteiger partial charge < -0.3 is 9.63 Å². The molecule has 1 aliphatic carbocycles. The van der Waals surface area contributed by atoms with Crippen molar-refractivity contribution in [2.75, 3.05) is 6.54 Å². The lowest BCUT2D eigenvalue weighted by Crippen LogP contribution is -2.31. The molecule has 2 aromatic heterocycles. The number of carboxylic acids is 1. The van der Waals surface area contributed by atoms with Crippen molar-refractivity contribution in [1.29, 1.82) is 0 Å². The molecule has 0 atom stereocenters. The van der Waals surface area contributed by atoms with E-state index in [1.165, 1.54) is 0 Å². The molecule has 1 fully saturated rings. The van der Waals surface area contributed by atoms with Crippen molar-refractivity contribution < 1.29 is 14.4 Å². The third kappa shape index (κ3) is 2.99. The average Bonchev–Trinajstić information content (AvgIpc) is 2.89. The molecule has 1 saturated carbocycles. The second-order valence-corrected chi connectivity index (χ2v) is 5.34. The lowest BCUT2D eigenvalue weighted by molar-refractivity contribution is -0.138. The molecule has 0 aliphatic heterocycles. The Labute approximate surface area is 113 Å². The summed E-state index contributed by atoms with van der Waals surface area (Å²) in [6, 6.07) is 2.26. The molecule has 6 nitrogen and oxygen atoms in total.